The van der Waals surface area contributed by atoms with Gasteiger partial charge in [-0.15, -0.1) is 0 Å². The lowest BCUT2D eigenvalue weighted by Crippen LogP contribution is -2.40. The van der Waals surface area contributed by atoms with Gasteiger partial charge < -0.3 is 15.7 Å². The Labute approximate surface area is 112 Å². The summed E-state index contributed by atoms with van der Waals surface area (Å²) in [4.78, 5) is 23.5. The Balaban J connectivity index is 3.26. The van der Waals surface area contributed by atoms with Crippen molar-refractivity contribution in [3.8, 4) is 0 Å². The molecule has 20 heavy (non-hydrogen) atoms. The first-order chi connectivity index (χ1) is 9.05. The van der Waals surface area contributed by atoms with Gasteiger partial charge in [-0.3, -0.25) is 4.79 Å². The van der Waals surface area contributed by atoms with E-state index < -0.39 is 35.2 Å². The number of halogens is 3. The number of hydrogen-bond acceptors (Lipinski definition) is 3. The van der Waals surface area contributed by atoms with Crippen LogP contribution in [0, 0.1) is 0 Å². The van der Waals surface area contributed by atoms with Crippen molar-refractivity contribution >= 4 is 17.6 Å². The van der Waals surface area contributed by atoms with Gasteiger partial charge in [-0.25, -0.2) is 4.79 Å². The van der Waals surface area contributed by atoms with Gasteiger partial charge in [0.2, 0.25) is 0 Å². The van der Waals surface area contributed by atoms with E-state index in [0.717, 1.165) is 24.1 Å². The number of nitrogens with two attached hydrogens (primary N) is 1. The number of rotatable bonds is 3. The van der Waals surface area contributed by atoms with Crippen molar-refractivity contribution in [2.24, 2.45) is 0 Å². The summed E-state index contributed by atoms with van der Waals surface area (Å²) >= 11 is 0. The molecule has 1 atom stereocenters. The van der Waals surface area contributed by atoms with Crippen molar-refractivity contribution in [1.82, 2.24) is 4.90 Å². The van der Waals surface area contributed by atoms with Crippen molar-refractivity contribution in [3.63, 3.8) is 0 Å². The molecule has 1 amide bonds. The van der Waals surface area contributed by atoms with Gasteiger partial charge in [0.1, 0.15) is 6.04 Å². The maximum atomic E-state index is 12.9. The van der Waals surface area contributed by atoms with E-state index in [4.69, 9.17) is 10.8 Å². The fourth-order valence-corrected chi connectivity index (χ4v) is 1.51. The summed E-state index contributed by atoms with van der Waals surface area (Å²) in [7, 11) is 1.12. The van der Waals surface area contributed by atoms with Crippen LogP contribution in [0.2, 0.25) is 0 Å². The minimum atomic E-state index is -4.76. The predicted octanol–water partition coefficient (Wildman–Crippen LogP) is 1.83. The maximum absolute atomic E-state index is 12.9. The number of carbonyl (C=O) groups is 2. The van der Waals surface area contributed by atoms with Crippen LogP contribution in [0.5, 0.6) is 0 Å². The van der Waals surface area contributed by atoms with Crippen molar-refractivity contribution in [2.75, 3.05) is 12.8 Å². The van der Waals surface area contributed by atoms with Gasteiger partial charge in [0, 0.05) is 12.7 Å². The normalized spacial score (nSPS) is 12.8. The maximum Gasteiger partial charge on any atom is 0.417 e. The standard InChI is InChI=1S/C12H13F3N2O3/c1-6(11(19)20)17(2)10(18)8-4-3-7(16)5-9(8)12(13,14)15/h3-6H,16H2,1-2H3,(H,19,20)/t6-/m0/s1. The number of amides is 1. The summed E-state index contributed by atoms with van der Waals surface area (Å²) in [5.74, 6) is -2.35. The molecule has 0 aliphatic rings. The molecule has 0 fully saturated rings. The minimum absolute atomic E-state index is 0.136. The Morgan fingerprint density at radius 1 is 1.35 bits per heavy atom. The van der Waals surface area contributed by atoms with E-state index >= 15 is 0 Å². The minimum Gasteiger partial charge on any atom is -0.480 e. The average molecular weight is 290 g/mol. The van der Waals surface area contributed by atoms with Gasteiger partial charge in [-0.05, 0) is 25.1 Å². The molecule has 0 aliphatic carbocycles. The van der Waals surface area contributed by atoms with Crippen LogP contribution in [0.3, 0.4) is 0 Å². The zero-order valence-electron chi connectivity index (χ0n) is 10.7. The molecular weight excluding hydrogens is 277 g/mol. The van der Waals surface area contributed by atoms with Crippen LogP contribution in [0.4, 0.5) is 18.9 Å². The molecule has 8 heteroatoms. The van der Waals surface area contributed by atoms with E-state index in [1.54, 1.807) is 0 Å². The first-order valence-corrected chi connectivity index (χ1v) is 5.52. The van der Waals surface area contributed by atoms with Gasteiger partial charge in [-0.2, -0.15) is 13.2 Å². The summed E-state index contributed by atoms with van der Waals surface area (Å²) in [5.41, 5.74) is 3.33. The quantitative estimate of drug-likeness (QED) is 0.832. The molecule has 0 saturated heterocycles. The number of hydrogen-bond donors (Lipinski definition) is 2. The highest BCUT2D eigenvalue weighted by Crippen LogP contribution is 2.33. The van der Waals surface area contributed by atoms with Gasteiger partial charge in [0.05, 0.1) is 11.1 Å². The summed E-state index contributed by atoms with van der Waals surface area (Å²) in [6.07, 6.45) is -4.76. The van der Waals surface area contributed by atoms with Crippen LogP contribution in [0.15, 0.2) is 18.2 Å². The highest BCUT2D eigenvalue weighted by Gasteiger charge is 2.37. The Morgan fingerprint density at radius 3 is 2.35 bits per heavy atom. The second-order valence-electron chi connectivity index (χ2n) is 4.23. The predicted molar refractivity (Wildman–Crippen MR) is 65.0 cm³/mol. The Kier molecular flexibility index (Phi) is 4.26. The van der Waals surface area contributed by atoms with Crippen LogP contribution in [0.25, 0.3) is 0 Å². The second-order valence-corrected chi connectivity index (χ2v) is 4.23. The Hall–Kier alpha value is -2.25. The molecule has 3 N–H and O–H groups in total. The van der Waals surface area contributed by atoms with Crippen LogP contribution < -0.4 is 5.73 Å². The highest BCUT2D eigenvalue weighted by atomic mass is 19.4. The van der Waals surface area contributed by atoms with E-state index in [1.165, 1.54) is 6.92 Å². The zero-order chi connectivity index (χ0) is 15.7. The molecule has 0 saturated carbocycles. The number of aliphatic carboxylic acids is 1. The van der Waals surface area contributed by atoms with E-state index in [-0.39, 0.29) is 5.69 Å². The van der Waals surface area contributed by atoms with E-state index in [1.807, 2.05) is 0 Å². The monoisotopic (exact) mass is 290 g/mol. The second kappa shape index (κ2) is 5.40. The highest BCUT2D eigenvalue weighted by molar-refractivity contribution is 5.98. The summed E-state index contributed by atoms with van der Waals surface area (Å²) in [6, 6.07) is 1.49. The number of carbonyl (C=O) groups excluding carboxylic acids is 1. The summed E-state index contributed by atoms with van der Waals surface area (Å²) < 4.78 is 38.6. The average Bonchev–Trinajstić information content (AvgIpc) is 2.34. The molecular formula is C12H13F3N2O3. The Morgan fingerprint density at radius 2 is 1.90 bits per heavy atom. The third-order valence-electron chi connectivity index (χ3n) is 2.84. The fraction of sp³-hybridized carbons (Fsp3) is 0.333. The van der Waals surface area contributed by atoms with Gasteiger partial charge in [0.25, 0.3) is 5.91 Å². The molecule has 0 bridgehead atoms. The lowest BCUT2D eigenvalue weighted by Gasteiger charge is -2.23. The van der Waals surface area contributed by atoms with Crippen LogP contribution in [0.1, 0.15) is 22.8 Å². The Bertz CT molecular complexity index is 543. The third kappa shape index (κ3) is 3.19. The summed E-state index contributed by atoms with van der Waals surface area (Å²) in [5, 5.41) is 8.79. The molecule has 0 heterocycles. The van der Waals surface area contributed by atoms with Crippen LogP contribution in [-0.4, -0.2) is 35.0 Å². The smallest absolute Gasteiger partial charge is 0.417 e. The van der Waals surface area contributed by atoms with Crippen molar-refractivity contribution in [1.29, 1.82) is 0 Å². The fourth-order valence-electron chi connectivity index (χ4n) is 1.51. The summed E-state index contributed by atoms with van der Waals surface area (Å²) in [6.45, 7) is 1.20. The molecule has 0 aliphatic heterocycles. The lowest BCUT2D eigenvalue weighted by atomic mass is 10.0. The van der Waals surface area contributed by atoms with Crippen molar-refractivity contribution < 1.29 is 27.9 Å². The molecule has 0 spiro atoms. The number of nitrogen functional groups attached to an aromatic ring is 1. The first-order valence-electron chi connectivity index (χ1n) is 5.52. The first kappa shape index (κ1) is 15.8. The van der Waals surface area contributed by atoms with Crippen molar-refractivity contribution in [3.05, 3.63) is 29.3 Å². The number of benzene rings is 1. The molecule has 1 aromatic carbocycles. The topological polar surface area (TPSA) is 83.6 Å². The molecule has 5 nitrogen and oxygen atoms in total. The zero-order valence-corrected chi connectivity index (χ0v) is 10.7. The van der Waals surface area contributed by atoms with Gasteiger partial charge in [-0.1, -0.05) is 0 Å². The molecule has 1 aromatic rings. The molecule has 1 rings (SSSR count). The third-order valence-corrected chi connectivity index (χ3v) is 2.84. The van der Waals surface area contributed by atoms with E-state index in [0.29, 0.717) is 6.07 Å². The molecule has 0 radical (unpaired) electrons. The van der Waals surface area contributed by atoms with Crippen LogP contribution >= 0.6 is 0 Å². The molecule has 110 valence electrons. The van der Waals surface area contributed by atoms with Gasteiger partial charge >= 0.3 is 12.1 Å². The largest absolute Gasteiger partial charge is 0.480 e. The lowest BCUT2D eigenvalue weighted by molar-refractivity contribution is -0.141. The number of carboxylic acids is 1. The van der Waals surface area contributed by atoms with E-state index in [2.05, 4.69) is 0 Å². The SMILES string of the molecule is C[C@@H](C(=O)O)N(C)C(=O)c1ccc(N)cc1C(F)(F)F. The van der Waals surface area contributed by atoms with E-state index in [9.17, 15) is 22.8 Å². The number of alkyl halides is 3. The molecule has 0 aromatic heterocycles. The molecule has 0 unspecified atom stereocenters. The number of nitrogens with zero attached hydrogens (tertiary/aromatic N) is 1. The number of carboxylic acid groups (broad SMARTS) is 1. The number of likely N-dealkylation sites (N-methyl/N-ethyl adjacent to an activating group) is 1. The van der Waals surface area contributed by atoms with Gasteiger partial charge in [0.15, 0.2) is 0 Å². The van der Waals surface area contributed by atoms with Crippen molar-refractivity contribution in [2.45, 2.75) is 19.1 Å². The number of anilines is 1. The van der Waals surface area contributed by atoms with Crippen LogP contribution in [-0.2, 0) is 11.0 Å².